The van der Waals surface area contributed by atoms with Crippen LogP contribution in [0.25, 0.3) is 33.4 Å². The molecule has 0 radical (unpaired) electrons. The Hall–Kier alpha value is -5.79. The minimum atomic E-state index is -2.70. The average Bonchev–Trinajstić information content (AvgIpc) is 3.94. The molecule has 0 saturated carbocycles. The summed E-state index contributed by atoms with van der Waals surface area (Å²) in [7, 11) is 3.27. The van der Waals surface area contributed by atoms with Gasteiger partial charge in [0.2, 0.25) is 11.8 Å². The van der Waals surface area contributed by atoms with Crippen LogP contribution in [-0.2, 0) is 48.0 Å². The molecule has 1 spiro atoms. The number of aromatic nitrogens is 3. The Kier molecular flexibility index (Phi) is 15.3. The van der Waals surface area contributed by atoms with Crippen molar-refractivity contribution in [1.29, 1.82) is 0 Å². The largest absolute Gasteiger partial charge is 0.464 e. The molecule has 2 N–H and O–H groups in total. The van der Waals surface area contributed by atoms with Gasteiger partial charge >= 0.3 is 12.0 Å². The van der Waals surface area contributed by atoms with Gasteiger partial charge in [-0.2, -0.15) is 0 Å². The molecule has 71 heavy (non-hydrogen) atoms. The number of halogens is 2. The number of carbonyl (C=O) groups excluding carboxylic acids is 5. The van der Waals surface area contributed by atoms with E-state index in [-0.39, 0.29) is 36.5 Å². The number of hydrazine groups is 1. The first-order valence-electron chi connectivity index (χ1n) is 24.7. The number of alkyl halides is 2. The number of methoxy groups -OCH3 is 1. The summed E-state index contributed by atoms with van der Waals surface area (Å²) in [6.45, 7) is 14.7. The zero-order valence-electron chi connectivity index (χ0n) is 42.0. The summed E-state index contributed by atoms with van der Waals surface area (Å²) in [4.78, 5) is 84.2. The maximum atomic E-state index is 14.7. The molecule has 6 bridgehead atoms. The monoisotopic (exact) mass is 999 g/mol. The highest BCUT2D eigenvalue weighted by Gasteiger charge is 2.48. The number of rotatable bonds is 10. The summed E-state index contributed by atoms with van der Waals surface area (Å²) in [5.74, 6) is -2.22. The number of thiazole rings is 1. The molecule has 4 atom stereocenters. The van der Waals surface area contributed by atoms with Crippen LogP contribution in [-0.4, -0.2) is 142 Å². The fourth-order valence-corrected chi connectivity index (χ4v) is 11.6. The number of ether oxygens (including phenoxy) is 2. The van der Waals surface area contributed by atoms with E-state index >= 15 is 0 Å². The number of nitrogens with zero attached hydrogens (tertiary/aromatic N) is 7. The number of nitrogens with one attached hydrogen (secondary N) is 2. The third-order valence-electron chi connectivity index (χ3n) is 14.6. The number of amides is 5. The predicted octanol–water partition coefficient (Wildman–Crippen LogP) is 7.02. The van der Waals surface area contributed by atoms with Crippen molar-refractivity contribution < 1.29 is 42.2 Å². The van der Waals surface area contributed by atoms with Crippen molar-refractivity contribution in [2.75, 3.05) is 53.5 Å². The highest BCUT2D eigenvalue weighted by molar-refractivity contribution is 7.10. The maximum absolute atomic E-state index is 14.7. The zero-order chi connectivity index (χ0) is 50.9. The maximum Gasteiger partial charge on any atom is 0.324 e. The molecule has 19 heteroatoms. The molecule has 4 aliphatic heterocycles. The van der Waals surface area contributed by atoms with Crippen LogP contribution in [0.15, 0.2) is 54.1 Å². The third kappa shape index (κ3) is 10.9. The van der Waals surface area contributed by atoms with Crippen LogP contribution in [0.4, 0.5) is 13.6 Å². The van der Waals surface area contributed by atoms with E-state index < -0.39 is 53.7 Å². The van der Waals surface area contributed by atoms with Crippen molar-refractivity contribution in [1.82, 2.24) is 45.0 Å². The first-order chi connectivity index (χ1) is 33.8. The first-order valence-corrected chi connectivity index (χ1v) is 25.6. The van der Waals surface area contributed by atoms with E-state index in [1.54, 1.807) is 25.3 Å². The normalized spacial score (nSPS) is 21.3. The van der Waals surface area contributed by atoms with Crippen molar-refractivity contribution in [2.45, 2.75) is 117 Å². The number of likely N-dealkylation sites (tertiary alicyclic amines) is 2. The van der Waals surface area contributed by atoms with Gasteiger partial charge in [0.1, 0.15) is 18.1 Å². The van der Waals surface area contributed by atoms with Gasteiger partial charge in [0.15, 0.2) is 0 Å². The number of hydrogen-bond donors (Lipinski definition) is 2. The smallest absolute Gasteiger partial charge is 0.324 e. The van der Waals surface area contributed by atoms with Gasteiger partial charge in [-0.05, 0) is 87.8 Å². The number of carbonyl (C=O) groups is 5. The van der Waals surface area contributed by atoms with Crippen LogP contribution in [0.2, 0.25) is 0 Å². The number of benzene rings is 1. The predicted molar refractivity (Wildman–Crippen MR) is 266 cm³/mol. The van der Waals surface area contributed by atoms with Crippen LogP contribution < -0.4 is 10.7 Å². The van der Waals surface area contributed by atoms with Gasteiger partial charge in [0, 0.05) is 110 Å². The number of aryl methyl sites for hydroxylation is 1. The highest BCUT2D eigenvalue weighted by Crippen LogP contribution is 2.43. The Morgan fingerprint density at radius 1 is 1.08 bits per heavy atom. The standard InChI is InChI=1S/C52H67F2N9O7S/c1-9-62-40-15-14-33-24-35(40)36(46(62)34-12-10-20-55-44(34)32(4)69-8)26-51(5,6)30-70-49(67)37-13-11-21-63(58-37)48(66)38(25-42-56-39(33)27-71-42)57-47(65)45(31(2)3)59(7)50(68)60-22-18-52(19-23-60)28-61(29-52)43(64)17-16-41(53)54/h10,12,14-17,20,24,27,31-32,37-38,41,45,58H,9,11,13,18-19,21-23,25-26,28-30H2,1-8H3,(H,57,65)/b17-16+/t32-,37-,38-,45?/m0/s1. The first kappa shape index (κ1) is 51.6. The third-order valence-corrected chi connectivity index (χ3v) is 15.5. The number of esters is 1. The van der Waals surface area contributed by atoms with Crippen molar-refractivity contribution >= 4 is 52.0 Å². The molecule has 4 aliphatic rings. The number of urea groups is 1. The molecule has 3 fully saturated rings. The minimum Gasteiger partial charge on any atom is -0.464 e. The Balaban J connectivity index is 1.08. The quantitative estimate of drug-likeness (QED) is 0.124. The van der Waals surface area contributed by atoms with Gasteiger partial charge < -0.3 is 34.1 Å². The average molecular weight is 1000 g/mol. The van der Waals surface area contributed by atoms with Gasteiger partial charge in [-0.25, -0.2) is 24.0 Å². The lowest BCUT2D eigenvalue weighted by atomic mass is 9.72. The molecule has 7 heterocycles. The summed E-state index contributed by atoms with van der Waals surface area (Å²) in [5, 5.41) is 8.04. The number of cyclic esters (lactones) is 1. The van der Waals surface area contributed by atoms with E-state index in [2.05, 4.69) is 60.3 Å². The lowest BCUT2D eigenvalue weighted by molar-refractivity contribution is -0.155. The van der Waals surface area contributed by atoms with Crippen molar-refractivity contribution in [3.05, 3.63) is 70.3 Å². The zero-order valence-corrected chi connectivity index (χ0v) is 42.8. The van der Waals surface area contributed by atoms with E-state index in [9.17, 15) is 32.8 Å². The molecule has 4 aromatic rings. The Bertz CT molecular complexity index is 2670. The minimum absolute atomic E-state index is 0.0518. The highest BCUT2D eigenvalue weighted by atomic mass is 32.1. The molecule has 1 unspecified atom stereocenters. The summed E-state index contributed by atoms with van der Waals surface area (Å²) >= 11 is 1.39. The Morgan fingerprint density at radius 2 is 1.83 bits per heavy atom. The molecule has 16 nitrogen and oxygen atoms in total. The van der Waals surface area contributed by atoms with E-state index in [4.69, 9.17) is 19.4 Å². The number of fused-ring (bicyclic) bond motifs is 6. The topological polar surface area (TPSA) is 172 Å². The second kappa shape index (κ2) is 21.1. The summed E-state index contributed by atoms with van der Waals surface area (Å²) in [5.41, 5.74) is 8.95. The fraction of sp³-hybridized carbons (Fsp3) is 0.558. The van der Waals surface area contributed by atoms with Crippen LogP contribution in [0.1, 0.15) is 89.6 Å². The molecule has 5 amide bonds. The second-order valence-electron chi connectivity index (χ2n) is 20.7. The number of piperidine rings is 1. The van der Waals surface area contributed by atoms with Crippen molar-refractivity contribution in [3.8, 4) is 22.5 Å². The van der Waals surface area contributed by atoms with Crippen molar-refractivity contribution in [3.63, 3.8) is 0 Å². The molecule has 1 aromatic carbocycles. The molecule has 3 saturated heterocycles. The van der Waals surface area contributed by atoms with Gasteiger partial charge in [-0.1, -0.05) is 33.8 Å². The fourth-order valence-electron chi connectivity index (χ4n) is 10.8. The van der Waals surface area contributed by atoms with Crippen LogP contribution >= 0.6 is 11.3 Å². The Morgan fingerprint density at radius 3 is 2.52 bits per heavy atom. The van der Waals surface area contributed by atoms with Crippen molar-refractivity contribution in [2.24, 2.45) is 16.7 Å². The number of allylic oxidation sites excluding steroid dienone is 1. The van der Waals surface area contributed by atoms with E-state index in [0.717, 1.165) is 50.8 Å². The molecule has 382 valence electrons. The number of hydrogen-bond acceptors (Lipinski definition) is 11. The molecule has 8 rings (SSSR count). The molecular weight excluding hydrogens is 933 g/mol. The number of pyridine rings is 1. The van der Waals surface area contributed by atoms with E-state index in [1.807, 2.05) is 32.2 Å². The van der Waals surface area contributed by atoms with E-state index in [0.29, 0.717) is 82.5 Å². The van der Waals surface area contributed by atoms with Gasteiger partial charge in [-0.3, -0.25) is 29.2 Å². The molecular formula is C52H67F2N9O7S. The lowest BCUT2D eigenvalue weighted by Crippen LogP contribution is -2.64. The number of likely N-dealkylation sites (N-methyl/N-ethyl adjacent to an activating group) is 1. The summed E-state index contributed by atoms with van der Waals surface area (Å²) < 4.78 is 39.5. The Labute approximate surface area is 418 Å². The summed E-state index contributed by atoms with van der Waals surface area (Å²) in [6, 6.07) is 7.14. The van der Waals surface area contributed by atoms with Crippen LogP contribution in [0, 0.1) is 16.7 Å². The van der Waals surface area contributed by atoms with Crippen LogP contribution in [0.5, 0.6) is 0 Å². The molecule has 0 aliphatic carbocycles. The lowest BCUT2D eigenvalue weighted by Gasteiger charge is -2.54. The molecule has 3 aromatic heterocycles. The van der Waals surface area contributed by atoms with Gasteiger partial charge in [-0.15, -0.1) is 11.3 Å². The summed E-state index contributed by atoms with van der Waals surface area (Å²) in [6.07, 6.45) is 3.13. The SMILES string of the molecule is CCn1c(-c2cccnc2[C@H](C)OC)c2c3cc(ccc31)-c1csc(n1)C[C@H](NC(=O)C(C(C)C)N(C)C(=O)N1CCC3(CC1)CN(C(=O)/C=C/C(F)F)C3)C(=O)N1CCC[C@H](N1)C(=O)OCC(C)(C)C2. The van der Waals surface area contributed by atoms with Crippen LogP contribution in [0.3, 0.4) is 0 Å². The second-order valence-corrected chi connectivity index (χ2v) is 21.7. The van der Waals surface area contributed by atoms with Gasteiger partial charge in [0.05, 0.1) is 34.8 Å². The van der Waals surface area contributed by atoms with E-state index in [1.165, 1.54) is 26.1 Å². The van der Waals surface area contributed by atoms with Gasteiger partial charge in [0.25, 0.3) is 12.3 Å².